The smallest absolute Gasteiger partial charge is 0.246 e. The number of ether oxygens (including phenoxy) is 1. The summed E-state index contributed by atoms with van der Waals surface area (Å²) in [6.45, 7) is 5.07. The number of likely N-dealkylation sites (N-methyl/N-ethyl adjacent to an activating group) is 1. The third-order valence-electron chi connectivity index (χ3n) is 2.44. The molecule has 0 aromatic carbocycles. The van der Waals surface area contributed by atoms with Crippen LogP contribution in [0.15, 0.2) is 0 Å². The molecule has 1 fully saturated rings. The van der Waals surface area contributed by atoms with Crippen molar-refractivity contribution in [2.45, 2.75) is 32.4 Å². The minimum atomic E-state index is -0.377. The van der Waals surface area contributed by atoms with Gasteiger partial charge in [-0.25, -0.2) is 0 Å². The number of amides is 2. The molecule has 0 aromatic rings. The highest BCUT2D eigenvalue weighted by Gasteiger charge is 2.36. The van der Waals surface area contributed by atoms with Crippen molar-refractivity contribution in [1.82, 2.24) is 10.2 Å². The van der Waals surface area contributed by atoms with Gasteiger partial charge in [-0.05, 0) is 13.8 Å². The lowest BCUT2D eigenvalue weighted by atomic mass is 10.2. The van der Waals surface area contributed by atoms with E-state index >= 15 is 0 Å². The Hall–Kier alpha value is -0.940. The van der Waals surface area contributed by atoms with Crippen LogP contribution < -0.4 is 5.32 Å². The number of nitrogens with zero attached hydrogens (tertiary/aromatic N) is 1. The Morgan fingerprint density at radius 3 is 2.73 bits per heavy atom. The van der Waals surface area contributed by atoms with E-state index < -0.39 is 0 Å². The van der Waals surface area contributed by atoms with Crippen molar-refractivity contribution in [2.24, 2.45) is 0 Å². The summed E-state index contributed by atoms with van der Waals surface area (Å²) in [5, 5.41) is 3.09. The first-order chi connectivity index (χ1) is 7.06. The zero-order chi connectivity index (χ0) is 11.4. The number of imide groups is 1. The van der Waals surface area contributed by atoms with Crippen LogP contribution in [0.4, 0.5) is 0 Å². The lowest BCUT2D eigenvalue weighted by Gasteiger charge is -2.17. The number of carbonyl (C=O) groups is 2. The van der Waals surface area contributed by atoms with E-state index in [9.17, 15) is 9.59 Å². The van der Waals surface area contributed by atoms with Gasteiger partial charge in [-0.1, -0.05) is 0 Å². The van der Waals surface area contributed by atoms with Crippen LogP contribution in [0.2, 0.25) is 0 Å². The molecule has 0 spiro atoms. The molecule has 1 heterocycles. The van der Waals surface area contributed by atoms with E-state index in [-0.39, 0.29) is 30.3 Å². The highest BCUT2D eigenvalue weighted by atomic mass is 16.5. The van der Waals surface area contributed by atoms with Crippen LogP contribution >= 0.6 is 0 Å². The second-order valence-electron chi connectivity index (χ2n) is 3.77. The van der Waals surface area contributed by atoms with E-state index in [1.165, 1.54) is 11.9 Å². The summed E-state index contributed by atoms with van der Waals surface area (Å²) in [7, 11) is 1.51. The number of hydrogen-bond acceptors (Lipinski definition) is 4. The molecular formula is C10H18N2O3. The molecule has 0 radical (unpaired) electrons. The molecule has 2 atom stereocenters. The lowest BCUT2D eigenvalue weighted by Crippen LogP contribution is -2.43. The average Bonchev–Trinajstić information content (AvgIpc) is 2.43. The SMILES string of the molecule is CCOCC(C)NC1CC(=O)N(C)C1=O. The van der Waals surface area contributed by atoms with Crippen LogP contribution in [0.25, 0.3) is 0 Å². The zero-order valence-electron chi connectivity index (χ0n) is 9.45. The first-order valence-corrected chi connectivity index (χ1v) is 5.20. The van der Waals surface area contributed by atoms with Crippen LogP contribution in [0.3, 0.4) is 0 Å². The third-order valence-corrected chi connectivity index (χ3v) is 2.44. The highest BCUT2D eigenvalue weighted by Crippen LogP contribution is 2.11. The number of likely N-dealkylation sites (tertiary alicyclic amines) is 1. The Labute approximate surface area is 89.8 Å². The summed E-state index contributed by atoms with van der Waals surface area (Å²) in [5.74, 6) is -0.274. The fourth-order valence-electron chi connectivity index (χ4n) is 1.57. The predicted molar refractivity (Wildman–Crippen MR) is 55.3 cm³/mol. The van der Waals surface area contributed by atoms with E-state index in [1.807, 2.05) is 13.8 Å². The van der Waals surface area contributed by atoms with Crippen molar-refractivity contribution in [1.29, 1.82) is 0 Å². The van der Waals surface area contributed by atoms with Crippen molar-refractivity contribution in [3.05, 3.63) is 0 Å². The summed E-state index contributed by atoms with van der Waals surface area (Å²) in [6, 6.07) is -0.295. The van der Waals surface area contributed by atoms with E-state index in [2.05, 4.69) is 5.32 Å². The Morgan fingerprint density at radius 1 is 1.60 bits per heavy atom. The third kappa shape index (κ3) is 3.00. The van der Waals surface area contributed by atoms with Gasteiger partial charge in [-0.3, -0.25) is 14.5 Å². The van der Waals surface area contributed by atoms with Gasteiger partial charge in [-0.2, -0.15) is 0 Å². The molecule has 0 aromatic heterocycles. The van der Waals surface area contributed by atoms with Crippen molar-refractivity contribution in [3.8, 4) is 0 Å². The van der Waals surface area contributed by atoms with Crippen LogP contribution in [0, 0.1) is 0 Å². The molecule has 5 nitrogen and oxygen atoms in total. The second-order valence-corrected chi connectivity index (χ2v) is 3.77. The quantitative estimate of drug-likeness (QED) is 0.642. The van der Waals surface area contributed by atoms with Crippen molar-refractivity contribution >= 4 is 11.8 Å². The Kier molecular flexibility index (Phi) is 4.23. The van der Waals surface area contributed by atoms with Gasteiger partial charge >= 0.3 is 0 Å². The van der Waals surface area contributed by atoms with Gasteiger partial charge in [0, 0.05) is 19.7 Å². The standard InChI is InChI=1S/C10H18N2O3/c1-4-15-6-7(2)11-8-5-9(13)12(3)10(8)14/h7-8,11H,4-6H2,1-3H3. The Morgan fingerprint density at radius 2 is 2.27 bits per heavy atom. The molecule has 5 heteroatoms. The van der Waals surface area contributed by atoms with Gasteiger partial charge in [0.1, 0.15) is 0 Å². The predicted octanol–water partition coefficient (Wildman–Crippen LogP) is -0.242. The van der Waals surface area contributed by atoms with Crippen molar-refractivity contribution < 1.29 is 14.3 Å². The molecule has 15 heavy (non-hydrogen) atoms. The molecule has 1 aliphatic rings. The van der Waals surface area contributed by atoms with Crippen LogP contribution in [0.5, 0.6) is 0 Å². The Bertz CT molecular complexity index is 255. The summed E-state index contributed by atoms with van der Waals surface area (Å²) >= 11 is 0. The van der Waals surface area contributed by atoms with Gasteiger partial charge in [0.05, 0.1) is 19.1 Å². The zero-order valence-corrected chi connectivity index (χ0v) is 9.45. The van der Waals surface area contributed by atoms with E-state index in [0.29, 0.717) is 13.2 Å². The topological polar surface area (TPSA) is 58.6 Å². The lowest BCUT2D eigenvalue weighted by molar-refractivity contribution is -0.137. The summed E-state index contributed by atoms with van der Waals surface area (Å²) in [4.78, 5) is 23.9. The van der Waals surface area contributed by atoms with Gasteiger partial charge in [0.15, 0.2) is 0 Å². The Balaban J connectivity index is 2.39. The molecule has 86 valence electrons. The normalized spacial score (nSPS) is 23.7. The van der Waals surface area contributed by atoms with Crippen LogP contribution in [-0.2, 0) is 14.3 Å². The van der Waals surface area contributed by atoms with Gasteiger partial charge < -0.3 is 10.1 Å². The molecule has 2 amide bonds. The fourth-order valence-corrected chi connectivity index (χ4v) is 1.57. The highest BCUT2D eigenvalue weighted by molar-refractivity contribution is 6.05. The second kappa shape index (κ2) is 5.23. The average molecular weight is 214 g/mol. The molecule has 1 saturated heterocycles. The molecule has 0 aliphatic carbocycles. The maximum absolute atomic E-state index is 11.5. The largest absolute Gasteiger partial charge is 0.380 e. The molecule has 2 unspecified atom stereocenters. The first-order valence-electron chi connectivity index (χ1n) is 5.20. The number of carbonyl (C=O) groups excluding carboxylic acids is 2. The van der Waals surface area contributed by atoms with Gasteiger partial charge in [-0.15, -0.1) is 0 Å². The van der Waals surface area contributed by atoms with E-state index in [0.717, 1.165) is 0 Å². The molecule has 1 N–H and O–H groups in total. The van der Waals surface area contributed by atoms with E-state index in [1.54, 1.807) is 0 Å². The summed E-state index contributed by atoms with van der Waals surface area (Å²) in [5.41, 5.74) is 0. The number of rotatable bonds is 5. The molecule has 0 bridgehead atoms. The summed E-state index contributed by atoms with van der Waals surface area (Å²) < 4.78 is 5.22. The number of hydrogen-bond donors (Lipinski definition) is 1. The molecule has 0 saturated carbocycles. The van der Waals surface area contributed by atoms with Crippen LogP contribution in [0.1, 0.15) is 20.3 Å². The van der Waals surface area contributed by atoms with Crippen molar-refractivity contribution in [2.75, 3.05) is 20.3 Å². The maximum Gasteiger partial charge on any atom is 0.246 e. The maximum atomic E-state index is 11.5. The molecular weight excluding hydrogens is 196 g/mol. The van der Waals surface area contributed by atoms with Gasteiger partial charge in [0.2, 0.25) is 11.8 Å². The van der Waals surface area contributed by atoms with Crippen molar-refractivity contribution in [3.63, 3.8) is 0 Å². The monoisotopic (exact) mass is 214 g/mol. The van der Waals surface area contributed by atoms with E-state index in [4.69, 9.17) is 4.74 Å². The first kappa shape index (κ1) is 12.1. The van der Waals surface area contributed by atoms with Crippen LogP contribution in [-0.4, -0.2) is 49.1 Å². The van der Waals surface area contributed by atoms with Gasteiger partial charge in [0.25, 0.3) is 0 Å². The number of nitrogens with one attached hydrogen (secondary N) is 1. The summed E-state index contributed by atoms with van der Waals surface area (Å²) in [6.07, 6.45) is 0.256. The fraction of sp³-hybridized carbons (Fsp3) is 0.800. The molecule has 1 rings (SSSR count). The minimum absolute atomic E-state index is 0.0817. The minimum Gasteiger partial charge on any atom is -0.380 e. The molecule has 1 aliphatic heterocycles.